The molecule has 1 aliphatic heterocycles. The van der Waals surface area contributed by atoms with Crippen LogP contribution in [0.2, 0.25) is 0 Å². The average molecular weight is 285 g/mol. The Balaban J connectivity index is 2.09. The highest BCUT2D eigenvalue weighted by molar-refractivity contribution is 5.97. The van der Waals surface area contributed by atoms with E-state index >= 15 is 0 Å². The Morgan fingerprint density at radius 3 is 2.95 bits per heavy atom. The summed E-state index contributed by atoms with van der Waals surface area (Å²) < 4.78 is 1.46. The van der Waals surface area contributed by atoms with Crippen LogP contribution in [0.4, 0.5) is 0 Å². The minimum Gasteiger partial charge on any atom is -0.336 e. The van der Waals surface area contributed by atoms with Gasteiger partial charge in [0.1, 0.15) is 11.2 Å². The number of aryl methyl sites for hydroxylation is 1. The van der Waals surface area contributed by atoms with E-state index in [2.05, 4.69) is 4.98 Å². The molecule has 3 rings (SSSR count). The molecular formula is C16H19N3O2. The van der Waals surface area contributed by atoms with Gasteiger partial charge >= 0.3 is 0 Å². The van der Waals surface area contributed by atoms with Crippen LogP contribution in [0.5, 0.6) is 0 Å². The molecule has 2 aromatic heterocycles. The van der Waals surface area contributed by atoms with Crippen molar-refractivity contribution < 1.29 is 4.79 Å². The quantitative estimate of drug-likeness (QED) is 0.804. The van der Waals surface area contributed by atoms with Crippen LogP contribution in [0.15, 0.2) is 29.2 Å². The lowest BCUT2D eigenvalue weighted by atomic mass is 10.0. The van der Waals surface area contributed by atoms with E-state index in [0.717, 1.165) is 31.2 Å². The predicted octanol–water partition coefficient (Wildman–Crippen LogP) is 1.95. The van der Waals surface area contributed by atoms with Crippen LogP contribution in [0.3, 0.4) is 0 Å². The maximum atomic E-state index is 12.7. The molecule has 0 saturated carbocycles. The van der Waals surface area contributed by atoms with Crippen molar-refractivity contribution in [3.05, 3.63) is 40.3 Å². The molecule has 0 spiro atoms. The lowest BCUT2D eigenvalue weighted by molar-refractivity contribution is 0.0633. The maximum Gasteiger partial charge on any atom is 0.264 e. The number of carbonyl (C=O) groups excluding carboxylic acids is 1. The average Bonchev–Trinajstić information content (AvgIpc) is 2.51. The third kappa shape index (κ3) is 2.33. The van der Waals surface area contributed by atoms with Crippen LogP contribution in [-0.2, 0) is 7.05 Å². The lowest BCUT2D eigenvalue weighted by Crippen LogP contribution is -2.44. The second kappa shape index (κ2) is 5.31. The predicted molar refractivity (Wildman–Crippen MR) is 81.3 cm³/mol. The van der Waals surface area contributed by atoms with Gasteiger partial charge in [0, 0.05) is 31.2 Å². The number of nitrogens with zero attached hydrogens (tertiary/aromatic N) is 3. The molecule has 0 N–H and O–H groups in total. The van der Waals surface area contributed by atoms with E-state index in [1.54, 1.807) is 19.3 Å². The summed E-state index contributed by atoms with van der Waals surface area (Å²) >= 11 is 0. The minimum atomic E-state index is -0.274. The van der Waals surface area contributed by atoms with Gasteiger partial charge in [-0.3, -0.25) is 14.2 Å². The van der Waals surface area contributed by atoms with Crippen LogP contribution in [0.25, 0.3) is 11.0 Å². The van der Waals surface area contributed by atoms with Gasteiger partial charge in [-0.2, -0.15) is 0 Å². The number of pyridine rings is 2. The molecule has 0 aromatic carbocycles. The zero-order valence-corrected chi connectivity index (χ0v) is 12.4. The maximum absolute atomic E-state index is 12.7. The van der Waals surface area contributed by atoms with Crippen LogP contribution in [0.1, 0.15) is 36.5 Å². The minimum absolute atomic E-state index is 0.159. The Morgan fingerprint density at radius 2 is 2.19 bits per heavy atom. The summed E-state index contributed by atoms with van der Waals surface area (Å²) in [7, 11) is 1.66. The van der Waals surface area contributed by atoms with Crippen molar-refractivity contribution in [2.75, 3.05) is 6.54 Å². The molecule has 1 atom stereocenters. The number of hydrogen-bond acceptors (Lipinski definition) is 3. The summed E-state index contributed by atoms with van der Waals surface area (Å²) in [5, 5.41) is 0.813. The van der Waals surface area contributed by atoms with Gasteiger partial charge in [-0.1, -0.05) is 0 Å². The molecule has 110 valence electrons. The zero-order chi connectivity index (χ0) is 15.0. The van der Waals surface area contributed by atoms with Crippen molar-refractivity contribution in [3.63, 3.8) is 0 Å². The van der Waals surface area contributed by atoms with E-state index < -0.39 is 0 Å². The molecule has 5 nitrogen and oxygen atoms in total. The molecule has 5 heteroatoms. The van der Waals surface area contributed by atoms with E-state index in [0.29, 0.717) is 5.65 Å². The number of fused-ring (bicyclic) bond motifs is 1. The van der Waals surface area contributed by atoms with E-state index in [1.165, 1.54) is 4.57 Å². The first kappa shape index (κ1) is 13.8. The molecule has 1 amide bonds. The third-order valence-electron chi connectivity index (χ3n) is 4.26. The summed E-state index contributed by atoms with van der Waals surface area (Å²) in [6.07, 6.45) is 4.80. The van der Waals surface area contributed by atoms with Gasteiger partial charge in [0.05, 0.1) is 0 Å². The van der Waals surface area contributed by atoms with Crippen molar-refractivity contribution >= 4 is 16.9 Å². The summed E-state index contributed by atoms with van der Waals surface area (Å²) in [4.78, 5) is 31.2. The Hall–Kier alpha value is -2.17. The fraction of sp³-hybridized carbons (Fsp3) is 0.438. The molecule has 1 saturated heterocycles. The lowest BCUT2D eigenvalue weighted by Gasteiger charge is -2.33. The fourth-order valence-electron chi connectivity index (χ4n) is 3.00. The second-order valence-corrected chi connectivity index (χ2v) is 5.68. The van der Waals surface area contributed by atoms with E-state index in [1.807, 2.05) is 24.0 Å². The first-order valence-corrected chi connectivity index (χ1v) is 7.35. The van der Waals surface area contributed by atoms with Gasteiger partial charge in [-0.05, 0) is 44.4 Å². The van der Waals surface area contributed by atoms with Crippen LogP contribution >= 0.6 is 0 Å². The molecule has 0 bridgehead atoms. The number of piperidine rings is 1. The Kier molecular flexibility index (Phi) is 3.49. The van der Waals surface area contributed by atoms with Crippen molar-refractivity contribution in [2.24, 2.45) is 7.05 Å². The molecule has 1 aliphatic rings. The largest absolute Gasteiger partial charge is 0.336 e. The van der Waals surface area contributed by atoms with Gasteiger partial charge in [0.2, 0.25) is 0 Å². The molecule has 1 unspecified atom stereocenters. The number of amides is 1. The summed E-state index contributed by atoms with van der Waals surface area (Å²) in [5.74, 6) is -0.159. The molecule has 21 heavy (non-hydrogen) atoms. The van der Waals surface area contributed by atoms with Crippen molar-refractivity contribution in [2.45, 2.75) is 32.2 Å². The van der Waals surface area contributed by atoms with Gasteiger partial charge in [-0.15, -0.1) is 0 Å². The van der Waals surface area contributed by atoms with Crippen LogP contribution in [0, 0.1) is 0 Å². The zero-order valence-electron chi connectivity index (χ0n) is 12.4. The Morgan fingerprint density at radius 1 is 1.38 bits per heavy atom. The Labute approximate surface area is 123 Å². The first-order chi connectivity index (χ1) is 10.1. The number of aromatic nitrogens is 2. The first-order valence-electron chi connectivity index (χ1n) is 7.35. The van der Waals surface area contributed by atoms with Crippen LogP contribution < -0.4 is 5.56 Å². The third-order valence-corrected chi connectivity index (χ3v) is 4.26. The summed E-state index contributed by atoms with van der Waals surface area (Å²) in [6.45, 7) is 2.78. The van der Waals surface area contributed by atoms with E-state index in [-0.39, 0.29) is 23.1 Å². The number of likely N-dealkylation sites (tertiary alicyclic amines) is 1. The summed E-state index contributed by atoms with van der Waals surface area (Å²) in [6, 6.07) is 5.55. The standard InChI is InChI=1S/C16H19N3O2/c1-11-6-3-4-9-19(11)16(21)13-10-12-7-5-8-17-14(12)18(2)15(13)20/h5,7-8,10-11H,3-4,6,9H2,1-2H3. The highest BCUT2D eigenvalue weighted by Crippen LogP contribution is 2.19. The van der Waals surface area contributed by atoms with Crippen LogP contribution in [-0.4, -0.2) is 32.9 Å². The summed E-state index contributed by atoms with van der Waals surface area (Å²) in [5.41, 5.74) is 0.571. The van der Waals surface area contributed by atoms with Crippen molar-refractivity contribution in [3.8, 4) is 0 Å². The van der Waals surface area contributed by atoms with Gasteiger partial charge in [-0.25, -0.2) is 4.98 Å². The molecule has 0 aliphatic carbocycles. The number of hydrogen-bond donors (Lipinski definition) is 0. The molecule has 0 radical (unpaired) electrons. The topological polar surface area (TPSA) is 55.2 Å². The molecule has 3 heterocycles. The highest BCUT2D eigenvalue weighted by Gasteiger charge is 2.26. The second-order valence-electron chi connectivity index (χ2n) is 5.68. The highest BCUT2D eigenvalue weighted by atomic mass is 16.2. The van der Waals surface area contributed by atoms with Crippen molar-refractivity contribution in [1.82, 2.24) is 14.5 Å². The van der Waals surface area contributed by atoms with Gasteiger partial charge in [0.15, 0.2) is 0 Å². The van der Waals surface area contributed by atoms with Gasteiger partial charge in [0.25, 0.3) is 11.5 Å². The molecule has 2 aromatic rings. The molecular weight excluding hydrogens is 266 g/mol. The number of rotatable bonds is 1. The van der Waals surface area contributed by atoms with Gasteiger partial charge < -0.3 is 4.90 Å². The normalized spacial score (nSPS) is 19.0. The van der Waals surface area contributed by atoms with Crippen molar-refractivity contribution in [1.29, 1.82) is 0 Å². The fourth-order valence-corrected chi connectivity index (χ4v) is 3.00. The Bertz CT molecular complexity index is 751. The monoisotopic (exact) mass is 285 g/mol. The smallest absolute Gasteiger partial charge is 0.264 e. The van der Waals surface area contributed by atoms with E-state index in [4.69, 9.17) is 0 Å². The number of carbonyl (C=O) groups is 1. The molecule has 1 fully saturated rings. The van der Waals surface area contributed by atoms with E-state index in [9.17, 15) is 9.59 Å². The SMILES string of the molecule is CC1CCCCN1C(=O)c1cc2cccnc2n(C)c1=O.